The number of nitrogens with zero attached hydrogens (tertiary/aromatic N) is 1. The maximum absolute atomic E-state index is 14.5. The summed E-state index contributed by atoms with van der Waals surface area (Å²) in [5, 5.41) is 0.599. The minimum atomic E-state index is -4.44. The lowest BCUT2D eigenvalue weighted by Gasteiger charge is -2.14. The number of halogens is 4. The summed E-state index contributed by atoms with van der Waals surface area (Å²) >= 11 is 0. The number of rotatable bonds is 5. The number of aryl methyl sites for hydroxylation is 1. The number of nitrogens with two attached hydrogens (primary N) is 1. The van der Waals surface area contributed by atoms with Crippen LogP contribution in [0, 0.1) is 5.82 Å². The minimum Gasteiger partial charge on any atom is -0.485 e. The molecule has 0 aliphatic rings. The van der Waals surface area contributed by atoms with Gasteiger partial charge in [-0.2, -0.15) is 13.2 Å². The molecule has 1 heterocycles. The van der Waals surface area contributed by atoms with Crippen LogP contribution in [0.2, 0.25) is 0 Å². The molecule has 0 saturated heterocycles. The van der Waals surface area contributed by atoms with Gasteiger partial charge in [0.05, 0.1) is 11.1 Å². The molecule has 1 unspecified atom stereocenters. The Morgan fingerprint density at radius 3 is 2.59 bits per heavy atom. The highest BCUT2D eigenvalue weighted by Crippen LogP contribution is 2.37. The lowest BCUT2D eigenvalue weighted by atomic mass is 10.00. The molecule has 2 N–H and O–H groups in total. The second kappa shape index (κ2) is 7.23. The predicted molar refractivity (Wildman–Crippen MR) is 96.1 cm³/mol. The van der Waals surface area contributed by atoms with Crippen molar-refractivity contribution in [2.75, 3.05) is 6.54 Å². The largest absolute Gasteiger partial charge is 0.485 e. The number of ether oxygens (including phenoxy) is 1. The van der Waals surface area contributed by atoms with Gasteiger partial charge in [-0.3, -0.25) is 0 Å². The Balaban J connectivity index is 1.99. The summed E-state index contributed by atoms with van der Waals surface area (Å²) in [5.41, 5.74) is 6.92. The van der Waals surface area contributed by atoms with E-state index in [1.165, 1.54) is 18.2 Å². The van der Waals surface area contributed by atoms with Gasteiger partial charge in [0.25, 0.3) is 0 Å². The fourth-order valence-electron chi connectivity index (χ4n) is 3.10. The van der Waals surface area contributed by atoms with Crippen LogP contribution in [0.1, 0.15) is 29.5 Å². The van der Waals surface area contributed by atoms with Crippen LogP contribution in [0.5, 0.6) is 5.75 Å². The highest BCUT2D eigenvalue weighted by molar-refractivity contribution is 5.90. The average molecular weight is 380 g/mol. The first-order valence-electron chi connectivity index (χ1n) is 8.48. The van der Waals surface area contributed by atoms with Gasteiger partial charge in [0.2, 0.25) is 0 Å². The van der Waals surface area contributed by atoms with E-state index < -0.39 is 17.6 Å². The molecule has 3 nitrogen and oxygen atoms in total. The molecule has 0 radical (unpaired) electrons. The van der Waals surface area contributed by atoms with E-state index in [4.69, 9.17) is 10.5 Å². The minimum absolute atomic E-state index is 0.0218. The molecule has 7 heteroatoms. The zero-order valence-corrected chi connectivity index (χ0v) is 15.0. The summed E-state index contributed by atoms with van der Waals surface area (Å²) in [7, 11) is 1.84. The van der Waals surface area contributed by atoms with E-state index in [-0.39, 0.29) is 18.3 Å². The molecule has 0 aliphatic carbocycles. The van der Waals surface area contributed by atoms with E-state index in [1.807, 2.05) is 24.7 Å². The molecule has 0 saturated carbocycles. The summed E-state index contributed by atoms with van der Waals surface area (Å²) in [5.74, 6) is -0.557. The third-order valence-corrected chi connectivity index (χ3v) is 4.61. The van der Waals surface area contributed by atoms with E-state index in [1.54, 1.807) is 6.07 Å². The van der Waals surface area contributed by atoms with Crippen LogP contribution in [0.4, 0.5) is 17.6 Å². The highest BCUT2D eigenvalue weighted by Gasteiger charge is 2.30. The topological polar surface area (TPSA) is 40.2 Å². The number of aromatic nitrogens is 1. The molecule has 3 rings (SSSR count). The Morgan fingerprint density at radius 1 is 1.19 bits per heavy atom. The number of hydrogen-bond acceptors (Lipinski definition) is 2. The number of benzene rings is 2. The van der Waals surface area contributed by atoms with Crippen LogP contribution >= 0.6 is 0 Å². The van der Waals surface area contributed by atoms with Crippen LogP contribution in [0.15, 0.2) is 42.6 Å². The molecule has 0 spiro atoms. The second-order valence-electron chi connectivity index (χ2n) is 6.59. The van der Waals surface area contributed by atoms with Crippen molar-refractivity contribution >= 4 is 10.9 Å². The van der Waals surface area contributed by atoms with Crippen LogP contribution in [-0.4, -0.2) is 11.1 Å². The van der Waals surface area contributed by atoms with Gasteiger partial charge in [-0.25, -0.2) is 4.39 Å². The van der Waals surface area contributed by atoms with E-state index in [9.17, 15) is 17.6 Å². The predicted octanol–water partition coefficient (Wildman–Crippen LogP) is 4.98. The quantitative estimate of drug-likeness (QED) is 0.635. The lowest BCUT2D eigenvalue weighted by Crippen LogP contribution is -2.09. The van der Waals surface area contributed by atoms with Crippen molar-refractivity contribution in [1.29, 1.82) is 0 Å². The smallest absolute Gasteiger partial charge is 0.416 e. The van der Waals surface area contributed by atoms with E-state index >= 15 is 0 Å². The molecule has 3 aromatic rings. The first-order valence-corrected chi connectivity index (χ1v) is 8.48. The molecule has 2 aromatic carbocycles. The molecule has 27 heavy (non-hydrogen) atoms. The summed E-state index contributed by atoms with van der Waals surface area (Å²) in [6.45, 7) is 2.13. The lowest BCUT2D eigenvalue weighted by molar-refractivity contribution is -0.137. The van der Waals surface area contributed by atoms with Gasteiger partial charge in [0.15, 0.2) is 11.6 Å². The maximum atomic E-state index is 14.5. The van der Waals surface area contributed by atoms with Gasteiger partial charge in [-0.05, 0) is 47.9 Å². The Hall–Kier alpha value is -2.54. The second-order valence-corrected chi connectivity index (χ2v) is 6.59. The van der Waals surface area contributed by atoms with Crippen molar-refractivity contribution in [2.45, 2.75) is 25.6 Å². The van der Waals surface area contributed by atoms with Gasteiger partial charge < -0.3 is 15.0 Å². The van der Waals surface area contributed by atoms with Gasteiger partial charge in [-0.1, -0.05) is 19.1 Å². The van der Waals surface area contributed by atoms with E-state index in [2.05, 4.69) is 0 Å². The van der Waals surface area contributed by atoms with Crippen molar-refractivity contribution in [2.24, 2.45) is 12.8 Å². The molecule has 0 amide bonds. The monoisotopic (exact) mass is 380 g/mol. The van der Waals surface area contributed by atoms with Gasteiger partial charge in [0, 0.05) is 18.6 Å². The molecular weight excluding hydrogens is 360 g/mol. The van der Waals surface area contributed by atoms with E-state index in [0.29, 0.717) is 17.5 Å². The van der Waals surface area contributed by atoms with Crippen LogP contribution in [-0.2, 0) is 19.8 Å². The Labute approximate surface area is 154 Å². The standard InChI is InChI=1S/C20H20F4N2O/c1-12(9-25)15-10-26(2)17-7-6-16(21)19(18(15)17)27-11-13-4-3-5-14(8-13)20(22,23)24/h3-8,10,12H,9,11,25H2,1-2H3. The molecule has 1 aromatic heterocycles. The Bertz CT molecular complexity index is 963. The Morgan fingerprint density at radius 2 is 1.93 bits per heavy atom. The van der Waals surface area contributed by atoms with Crippen molar-refractivity contribution in [3.05, 3.63) is 65.1 Å². The summed E-state index contributed by atoms with van der Waals surface area (Å²) in [6.07, 6.45) is -2.57. The molecular formula is C20H20F4N2O. The summed E-state index contributed by atoms with van der Waals surface area (Å²) < 4.78 is 60.6. The fraction of sp³-hybridized carbons (Fsp3) is 0.300. The number of hydrogen-bond donors (Lipinski definition) is 1. The zero-order valence-electron chi connectivity index (χ0n) is 15.0. The molecule has 144 valence electrons. The van der Waals surface area contributed by atoms with Crippen LogP contribution in [0.25, 0.3) is 10.9 Å². The zero-order chi connectivity index (χ0) is 19.8. The number of alkyl halides is 3. The van der Waals surface area contributed by atoms with Crippen LogP contribution < -0.4 is 10.5 Å². The van der Waals surface area contributed by atoms with Gasteiger partial charge in [0.1, 0.15) is 6.61 Å². The first-order chi connectivity index (χ1) is 12.7. The third-order valence-electron chi connectivity index (χ3n) is 4.61. The van der Waals surface area contributed by atoms with Crippen molar-refractivity contribution in [3.63, 3.8) is 0 Å². The highest BCUT2D eigenvalue weighted by atomic mass is 19.4. The normalized spacial score (nSPS) is 13.1. The average Bonchev–Trinajstić information content (AvgIpc) is 2.96. The first kappa shape index (κ1) is 19.2. The van der Waals surface area contributed by atoms with Crippen molar-refractivity contribution < 1.29 is 22.3 Å². The maximum Gasteiger partial charge on any atom is 0.416 e. The SMILES string of the molecule is CC(CN)c1cn(C)c2ccc(F)c(OCc3cccc(C(F)(F)F)c3)c12. The molecule has 0 aliphatic heterocycles. The third kappa shape index (κ3) is 3.78. The summed E-state index contributed by atoms with van der Waals surface area (Å²) in [6, 6.07) is 7.76. The molecule has 0 fully saturated rings. The van der Waals surface area contributed by atoms with Gasteiger partial charge in [-0.15, -0.1) is 0 Å². The van der Waals surface area contributed by atoms with E-state index in [0.717, 1.165) is 23.2 Å². The molecule has 0 bridgehead atoms. The van der Waals surface area contributed by atoms with Crippen molar-refractivity contribution in [3.8, 4) is 5.75 Å². The molecule has 1 atom stereocenters. The fourth-order valence-corrected chi connectivity index (χ4v) is 3.10. The van der Waals surface area contributed by atoms with Gasteiger partial charge >= 0.3 is 6.18 Å². The Kier molecular flexibility index (Phi) is 5.15. The number of fused-ring (bicyclic) bond motifs is 1. The summed E-state index contributed by atoms with van der Waals surface area (Å²) in [4.78, 5) is 0. The van der Waals surface area contributed by atoms with Crippen LogP contribution in [0.3, 0.4) is 0 Å². The van der Waals surface area contributed by atoms with Crippen molar-refractivity contribution in [1.82, 2.24) is 4.57 Å².